The SMILES string of the molecule is O=C(O)c1ccc2c(c1)CCCN2C(=O)c1ccc(O)cc1O. The molecule has 0 unspecified atom stereocenters. The lowest BCUT2D eigenvalue weighted by Crippen LogP contribution is -2.35. The Morgan fingerprint density at radius 2 is 1.83 bits per heavy atom. The number of phenols is 2. The van der Waals surface area contributed by atoms with Crippen LogP contribution in [0.25, 0.3) is 0 Å². The summed E-state index contributed by atoms with van der Waals surface area (Å²) >= 11 is 0. The van der Waals surface area contributed by atoms with Crippen molar-refractivity contribution in [3.05, 3.63) is 53.1 Å². The van der Waals surface area contributed by atoms with Gasteiger partial charge in [0.25, 0.3) is 5.91 Å². The van der Waals surface area contributed by atoms with Gasteiger partial charge in [0.05, 0.1) is 11.1 Å². The lowest BCUT2D eigenvalue weighted by Gasteiger charge is -2.30. The van der Waals surface area contributed by atoms with Crippen molar-refractivity contribution < 1.29 is 24.9 Å². The van der Waals surface area contributed by atoms with Crippen LogP contribution in [0.5, 0.6) is 11.5 Å². The van der Waals surface area contributed by atoms with Crippen LogP contribution >= 0.6 is 0 Å². The number of carbonyl (C=O) groups is 2. The second-order valence-electron chi connectivity index (χ2n) is 5.41. The molecule has 0 aromatic heterocycles. The third-order valence-corrected chi connectivity index (χ3v) is 3.90. The summed E-state index contributed by atoms with van der Waals surface area (Å²) in [5, 5.41) is 28.3. The molecule has 0 saturated carbocycles. The van der Waals surface area contributed by atoms with E-state index in [0.717, 1.165) is 11.6 Å². The number of rotatable bonds is 2. The Kier molecular flexibility index (Phi) is 3.65. The van der Waals surface area contributed by atoms with Crippen molar-refractivity contribution in [2.45, 2.75) is 12.8 Å². The summed E-state index contributed by atoms with van der Waals surface area (Å²) in [4.78, 5) is 25.3. The van der Waals surface area contributed by atoms with E-state index in [9.17, 15) is 19.8 Å². The van der Waals surface area contributed by atoms with Crippen molar-refractivity contribution in [1.29, 1.82) is 0 Å². The number of aromatic hydroxyl groups is 2. The van der Waals surface area contributed by atoms with E-state index < -0.39 is 5.97 Å². The predicted molar refractivity (Wildman–Crippen MR) is 83.2 cm³/mol. The molecule has 2 aromatic rings. The van der Waals surface area contributed by atoms with Gasteiger partial charge in [-0.2, -0.15) is 0 Å². The van der Waals surface area contributed by atoms with Crippen LogP contribution in [0.15, 0.2) is 36.4 Å². The highest BCUT2D eigenvalue weighted by Gasteiger charge is 2.26. The van der Waals surface area contributed by atoms with Crippen LogP contribution in [0.4, 0.5) is 5.69 Å². The molecule has 3 rings (SSSR count). The van der Waals surface area contributed by atoms with Gasteiger partial charge in [0.2, 0.25) is 0 Å². The number of hydrogen-bond donors (Lipinski definition) is 3. The van der Waals surface area contributed by atoms with Gasteiger partial charge in [-0.05, 0) is 48.7 Å². The third-order valence-electron chi connectivity index (χ3n) is 3.90. The van der Waals surface area contributed by atoms with E-state index in [1.54, 1.807) is 12.1 Å². The highest BCUT2D eigenvalue weighted by molar-refractivity contribution is 6.08. The molecule has 1 heterocycles. The van der Waals surface area contributed by atoms with Crippen molar-refractivity contribution >= 4 is 17.6 Å². The van der Waals surface area contributed by atoms with Gasteiger partial charge < -0.3 is 20.2 Å². The maximum Gasteiger partial charge on any atom is 0.335 e. The monoisotopic (exact) mass is 313 g/mol. The standard InChI is InChI=1S/C17H15NO5/c19-12-4-5-13(15(20)9-12)16(21)18-7-1-2-10-8-11(17(22)23)3-6-14(10)18/h3-6,8-9,19-20H,1-2,7H2,(H,22,23). The summed E-state index contributed by atoms with van der Waals surface area (Å²) in [6, 6.07) is 8.48. The minimum atomic E-state index is -1.01. The quantitative estimate of drug-likeness (QED) is 0.791. The van der Waals surface area contributed by atoms with Crippen molar-refractivity contribution in [2.75, 3.05) is 11.4 Å². The van der Waals surface area contributed by atoms with E-state index in [0.29, 0.717) is 25.1 Å². The molecule has 0 atom stereocenters. The molecule has 1 amide bonds. The molecule has 6 nitrogen and oxygen atoms in total. The fourth-order valence-corrected chi connectivity index (χ4v) is 2.79. The second kappa shape index (κ2) is 5.64. The average molecular weight is 313 g/mol. The van der Waals surface area contributed by atoms with Crippen LogP contribution in [0, 0.1) is 0 Å². The van der Waals surface area contributed by atoms with Gasteiger partial charge in [0.15, 0.2) is 0 Å². The van der Waals surface area contributed by atoms with Crippen LogP contribution in [0.2, 0.25) is 0 Å². The Balaban J connectivity index is 1.99. The van der Waals surface area contributed by atoms with Crippen molar-refractivity contribution in [3.8, 4) is 11.5 Å². The Morgan fingerprint density at radius 1 is 1.04 bits per heavy atom. The first-order valence-electron chi connectivity index (χ1n) is 7.17. The molecule has 0 spiro atoms. The number of benzene rings is 2. The van der Waals surface area contributed by atoms with Gasteiger partial charge in [-0.1, -0.05) is 0 Å². The fraction of sp³-hybridized carbons (Fsp3) is 0.176. The van der Waals surface area contributed by atoms with Crippen LogP contribution in [0.3, 0.4) is 0 Å². The van der Waals surface area contributed by atoms with Gasteiger partial charge in [0, 0.05) is 18.3 Å². The second-order valence-corrected chi connectivity index (χ2v) is 5.41. The molecule has 118 valence electrons. The summed E-state index contributed by atoms with van der Waals surface area (Å²) in [5.74, 6) is -1.80. The number of fused-ring (bicyclic) bond motifs is 1. The average Bonchev–Trinajstić information content (AvgIpc) is 2.53. The van der Waals surface area contributed by atoms with E-state index in [1.165, 1.54) is 23.1 Å². The number of phenolic OH excluding ortho intramolecular Hbond substituents is 2. The predicted octanol–water partition coefficient (Wildman–Crippen LogP) is 2.39. The highest BCUT2D eigenvalue weighted by atomic mass is 16.4. The molecular weight excluding hydrogens is 298 g/mol. The van der Waals surface area contributed by atoms with Gasteiger partial charge in [-0.25, -0.2) is 4.79 Å². The maximum absolute atomic E-state index is 12.7. The number of amides is 1. The maximum atomic E-state index is 12.7. The molecule has 2 aromatic carbocycles. The molecule has 0 radical (unpaired) electrons. The first kappa shape index (κ1) is 14.9. The zero-order chi connectivity index (χ0) is 16.6. The molecule has 6 heteroatoms. The summed E-state index contributed by atoms with van der Waals surface area (Å²) in [6.45, 7) is 0.485. The summed E-state index contributed by atoms with van der Waals surface area (Å²) in [7, 11) is 0. The molecule has 1 aliphatic heterocycles. The largest absolute Gasteiger partial charge is 0.508 e. The zero-order valence-electron chi connectivity index (χ0n) is 12.2. The normalized spacial score (nSPS) is 13.5. The van der Waals surface area contributed by atoms with E-state index in [-0.39, 0.29) is 28.5 Å². The number of carbonyl (C=O) groups excluding carboxylic acids is 1. The number of aryl methyl sites for hydroxylation is 1. The fourth-order valence-electron chi connectivity index (χ4n) is 2.79. The van der Waals surface area contributed by atoms with Gasteiger partial charge in [0.1, 0.15) is 11.5 Å². The van der Waals surface area contributed by atoms with Crippen molar-refractivity contribution in [2.24, 2.45) is 0 Å². The molecule has 1 aliphatic rings. The number of anilines is 1. The van der Waals surface area contributed by atoms with Crippen LogP contribution < -0.4 is 4.90 Å². The zero-order valence-corrected chi connectivity index (χ0v) is 12.2. The van der Waals surface area contributed by atoms with Crippen LogP contribution in [-0.4, -0.2) is 33.7 Å². The summed E-state index contributed by atoms with van der Waals surface area (Å²) in [6.07, 6.45) is 1.41. The molecule has 0 fully saturated rings. The molecule has 23 heavy (non-hydrogen) atoms. The number of aromatic carboxylic acids is 1. The van der Waals surface area contributed by atoms with Crippen LogP contribution in [-0.2, 0) is 6.42 Å². The van der Waals surface area contributed by atoms with Gasteiger partial charge in [-0.15, -0.1) is 0 Å². The first-order chi connectivity index (χ1) is 11.0. The Hall–Kier alpha value is -3.02. The molecule has 3 N–H and O–H groups in total. The summed E-state index contributed by atoms with van der Waals surface area (Å²) in [5.41, 5.74) is 1.73. The topological polar surface area (TPSA) is 98.1 Å². The Morgan fingerprint density at radius 3 is 2.52 bits per heavy atom. The Bertz CT molecular complexity index is 800. The van der Waals surface area contributed by atoms with Gasteiger partial charge >= 0.3 is 5.97 Å². The van der Waals surface area contributed by atoms with Gasteiger partial charge in [-0.3, -0.25) is 4.79 Å². The highest BCUT2D eigenvalue weighted by Crippen LogP contribution is 2.31. The number of nitrogens with zero attached hydrogens (tertiary/aromatic N) is 1. The lowest BCUT2D eigenvalue weighted by molar-refractivity contribution is 0.0696. The van der Waals surface area contributed by atoms with Crippen molar-refractivity contribution in [1.82, 2.24) is 0 Å². The molecule has 0 saturated heterocycles. The van der Waals surface area contributed by atoms with Crippen LogP contribution in [0.1, 0.15) is 32.7 Å². The van der Waals surface area contributed by atoms with E-state index in [2.05, 4.69) is 0 Å². The van der Waals surface area contributed by atoms with E-state index >= 15 is 0 Å². The van der Waals surface area contributed by atoms with Crippen molar-refractivity contribution in [3.63, 3.8) is 0 Å². The molecule has 0 bridgehead atoms. The number of carboxylic acid groups (broad SMARTS) is 1. The minimum absolute atomic E-state index is 0.0953. The number of hydrogen-bond acceptors (Lipinski definition) is 4. The Labute approximate surface area is 132 Å². The van der Waals surface area contributed by atoms with E-state index in [4.69, 9.17) is 5.11 Å². The lowest BCUT2D eigenvalue weighted by atomic mass is 9.98. The molecular formula is C17H15NO5. The first-order valence-corrected chi connectivity index (χ1v) is 7.17. The minimum Gasteiger partial charge on any atom is -0.508 e. The van der Waals surface area contributed by atoms with E-state index in [1.807, 2.05) is 0 Å². The third kappa shape index (κ3) is 2.70. The number of carboxylic acids is 1. The summed E-state index contributed by atoms with van der Waals surface area (Å²) < 4.78 is 0. The molecule has 0 aliphatic carbocycles. The smallest absolute Gasteiger partial charge is 0.335 e.